The van der Waals surface area contributed by atoms with Crippen molar-refractivity contribution in [1.82, 2.24) is 4.98 Å². The molecule has 2 rings (SSSR count). The van der Waals surface area contributed by atoms with Crippen molar-refractivity contribution in [3.63, 3.8) is 0 Å². The molecule has 0 amide bonds. The topological polar surface area (TPSA) is 68.7 Å². The molecule has 0 bridgehead atoms. The standard InChI is InChI=1S/C14H13NO4/c1-18-11-6-9(5-10(7-11)14(16)17)12-8-15-4-3-13(12)19-2/h3-8H,1-2H3,(H,16,17). The molecule has 0 aliphatic carbocycles. The molecule has 0 unspecified atom stereocenters. The molecule has 2 aromatic rings. The quantitative estimate of drug-likeness (QED) is 0.913. The van der Waals surface area contributed by atoms with Gasteiger partial charge in [0.1, 0.15) is 11.5 Å². The number of methoxy groups -OCH3 is 2. The van der Waals surface area contributed by atoms with Gasteiger partial charge in [-0.05, 0) is 29.8 Å². The zero-order chi connectivity index (χ0) is 13.8. The van der Waals surface area contributed by atoms with Crippen molar-refractivity contribution in [3.05, 3.63) is 42.2 Å². The lowest BCUT2D eigenvalue weighted by molar-refractivity contribution is 0.0696. The molecule has 0 atom stereocenters. The lowest BCUT2D eigenvalue weighted by Gasteiger charge is -2.10. The molecule has 0 radical (unpaired) electrons. The lowest BCUT2D eigenvalue weighted by atomic mass is 10.0. The number of pyridine rings is 1. The molecule has 1 N–H and O–H groups in total. The number of aromatic carboxylic acids is 1. The number of rotatable bonds is 4. The Kier molecular flexibility index (Phi) is 3.66. The number of carbonyl (C=O) groups is 1. The van der Waals surface area contributed by atoms with E-state index in [9.17, 15) is 4.79 Å². The Bertz CT molecular complexity index is 610. The summed E-state index contributed by atoms with van der Waals surface area (Å²) in [4.78, 5) is 15.1. The highest BCUT2D eigenvalue weighted by Crippen LogP contribution is 2.32. The monoisotopic (exact) mass is 259 g/mol. The van der Waals surface area contributed by atoms with Crippen molar-refractivity contribution in [1.29, 1.82) is 0 Å². The van der Waals surface area contributed by atoms with Gasteiger partial charge in [0.25, 0.3) is 0 Å². The predicted molar refractivity (Wildman–Crippen MR) is 69.7 cm³/mol. The van der Waals surface area contributed by atoms with Gasteiger partial charge in [0.05, 0.1) is 19.8 Å². The first kappa shape index (κ1) is 12.9. The first-order valence-corrected chi connectivity index (χ1v) is 5.56. The van der Waals surface area contributed by atoms with Gasteiger partial charge < -0.3 is 14.6 Å². The maximum atomic E-state index is 11.1. The fourth-order valence-electron chi connectivity index (χ4n) is 1.77. The minimum absolute atomic E-state index is 0.153. The van der Waals surface area contributed by atoms with Crippen LogP contribution in [0.25, 0.3) is 11.1 Å². The Balaban J connectivity index is 2.61. The number of ether oxygens (including phenoxy) is 2. The summed E-state index contributed by atoms with van der Waals surface area (Å²) < 4.78 is 10.4. The Hall–Kier alpha value is -2.56. The number of hydrogen-bond donors (Lipinski definition) is 1. The zero-order valence-electron chi connectivity index (χ0n) is 10.6. The van der Waals surface area contributed by atoms with Gasteiger partial charge in [0.2, 0.25) is 0 Å². The van der Waals surface area contributed by atoms with Gasteiger partial charge in [0.15, 0.2) is 0 Å². The van der Waals surface area contributed by atoms with Gasteiger partial charge in [-0.25, -0.2) is 4.79 Å². The van der Waals surface area contributed by atoms with Crippen molar-refractivity contribution in [2.24, 2.45) is 0 Å². The van der Waals surface area contributed by atoms with Crippen LogP contribution in [0.4, 0.5) is 0 Å². The Morgan fingerprint density at radius 2 is 2.00 bits per heavy atom. The molecule has 19 heavy (non-hydrogen) atoms. The average molecular weight is 259 g/mol. The maximum absolute atomic E-state index is 11.1. The summed E-state index contributed by atoms with van der Waals surface area (Å²) in [5, 5.41) is 9.10. The second kappa shape index (κ2) is 5.39. The van der Waals surface area contributed by atoms with Gasteiger partial charge in [-0.1, -0.05) is 0 Å². The van der Waals surface area contributed by atoms with Gasteiger partial charge in [0, 0.05) is 18.0 Å². The summed E-state index contributed by atoms with van der Waals surface area (Å²) in [6.07, 6.45) is 3.24. The number of carboxylic acids is 1. The summed E-state index contributed by atoms with van der Waals surface area (Å²) in [6.45, 7) is 0. The molecule has 5 heteroatoms. The molecule has 0 aliphatic rings. The van der Waals surface area contributed by atoms with Crippen molar-refractivity contribution in [3.8, 4) is 22.6 Å². The molecular weight excluding hydrogens is 246 g/mol. The predicted octanol–water partition coefficient (Wildman–Crippen LogP) is 2.46. The van der Waals surface area contributed by atoms with Crippen LogP contribution >= 0.6 is 0 Å². The van der Waals surface area contributed by atoms with Crippen molar-refractivity contribution < 1.29 is 19.4 Å². The number of carboxylic acid groups (broad SMARTS) is 1. The Morgan fingerprint density at radius 1 is 1.21 bits per heavy atom. The molecule has 0 spiro atoms. The minimum atomic E-state index is -1.01. The van der Waals surface area contributed by atoms with Crippen molar-refractivity contribution >= 4 is 5.97 Å². The van der Waals surface area contributed by atoms with Crippen LogP contribution in [0.3, 0.4) is 0 Å². The highest BCUT2D eigenvalue weighted by molar-refractivity contribution is 5.90. The Morgan fingerprint density at radius 3 is 2.63 bits per heavy atom. The molecular formula is C14H13NO4. The average Bonchev–Trinajstić information content (AvgIpc) is 2.46. The normalized spacial score (nSPS) is 10.0. The van der Waals surface area contributed by atoms with Crippen LogP contribution in [-0.4, -0.2) is 30.3 Å². The van der Waals surface area contributed by atoms with Crippen molar-refractivity contribution in [2.75, 3.05) is 14.2 Å². The first-order valence-electron chi connectivity index (χ1n) is 5.56. The van der Waals surface area contributed by atoms with Crippen LogP contribution in [0.15, 0.2) is 36.7 Å². The zero-order valence-corrected chi connectivity index (χ0v) is 10.6. The largest absolute Gasteiger partial charge is 0.497 e. The summed E-state index contributed by atoms with van der Waals surface area (Å²) in [6, 6.07) is 6.49. The second-order valence-corrected chi connectivity index (χ2v) is 3.83. The van der Waals surface area contributed by atoms with Gasteiger partial charge >= 0.3 is 5.97 Å². The molecule has 5 nitrogen and oxygen atoms in total. The van der Waals surface area contributed by atoms with Crippen LogP contribution in [0.1, 0.15) is 10.4 Å². The van der Waals surface area contributed by atoms with Crippen LogP contribution in [0.5, 0.6) is 11.5 Å². The van der Waals surface area contributed by atoms with E-state index < -0.39 is 5.97 Å². The van der Waals surface area contributed by atoms with Crippen LogP contribution in [-0.2, 0) is 0 Å². The highest BCUT2D eigenvalue weighted by Gasteiger charge is 2.12. The summed E-state index contributed by atoms with van der Waals surface area (Å²) >= 11 is 0. The number of hydrogen-bond acceptors (Lipinski definition) is 4. The fraction of sp³-hybridized carbons (Fsp3) is 0.143. The third-order valence-corrected chi connectivity index (χ3v) is 2.70. The molecule has 0 saturated carbocycles. The molecule has 0 saturated heterocycles. The third-order valence-electron chi connectivity index (χ3n) is 2.70. The number of aromatic nitrogens is 1. The van der Waals surface area contributed by atoms with E-state index in [0.717, 1.165) is 0 Å². The smallest absolute Gasteiger partial charge is 0.335 e. The van der Waals surface area contributed by atoms with Crippen molar-refractivity contribution in [2.45, 2.75) is 0 Å². The van der Waals surface area contributed by atoms with E-state index in [4.69, 9.17) is 14.6 Å². The molecule has 1 heterocycles. The van der Waals surface area contributed by atoms with E-state index in [-0.39, 0.29) is 5.56 Å². The van der Waals surface area contributed by atoms with E-state index in [1.54, 1.807) is 37.7 Å². The van der Waals surface area contributed by atoms with Gasteiger partial charge in [-0.15, -0.1) is 0 Å². The molecule has 0 fully saturated rings. The van der Waals surface area contributed by atoms with Crippen LogP contribution in [0, 0.1) is 0 Å². The maximum Gasteiger partial charge on any atom is 0.335 e. The lowest BCUT2D eigenvalue weighted by Crippen LogP contribution is -1.98. The van der Waals surface area contributed by atoms with E-state index in [1.807, 2.05) is 0 Å². The van der Waals surface area contributed by atoms with E-state index in [1.165, 1.54) is 13.2 Å². The Labute approximate surface area is 110 Å². The number of nitrogens with zero attached hydrogens (tertiary/aromatic N) is 1. The second-order valence-electron chi connectivity index (χ2n) is 3.83. The molecule has 1 aromatic heterocycles. The van der Waals surface area contributed by atoms with E-state index in [0.29, 0.717) is 22.6 Å². The van der Waals surface area contributed by atoms with Gasteiger partial charge in [-0.2, -0.15) is 0 Å². The minimum Gasteiger partial charge on any atom is -0.497 e. The number of benzene rings is 1. The summed E-state index contributed by atoms with van der Waals surface area (Å²) in [5.74, 6) is 0.0865. The molecule has 0 aliphatic heterocycles. The van der Waals surface area contributed by atoms with Crippen LogP contribution in [0.2, 0.25) is 0 Å². The molecule has 98 valence electrons. The summed E-state index contributed by atoms with van der Waals surface area (Å²) in [5.41, 5.74) is 1.55. The first-order chi connectivity index (χ1) is 9.15. The van der Waals surface area contributed by atoms with E-state index in [2.05, 4.69) is 4.98 Å². The molecule has 1 aromatic carbocycles. The third kappa shape index (κ3) is 2.65. The van der Waals surface area contributed by atoms with E-state index >= 15 is 0 Å². The van der Waals surface area contributed by atoms with Gasteiger partial charge in [-0.3, -0.25) is 4.98 Å². The fourth-order valence-corrected chi connectivity index (χ4v) is 1.77. The SMILES string of the molecule is COc1cc(C(=O)O)cc(-c2cnccc2OC)c1. The summed E-state index contributed by atoms with van der Waals surface area (Å²) in [7, 11) is 3.04. The highest BCUT2D eigenvalue weighted by atomic mass is 16.5. The van der Waals surface area contributed by atoms with Crippen LogP contribution < -0.4 is 9.47 Å².